The van der Waals surface area contributed by atoms with Gasteiger partial charge in [0.05, 0.1) is 0 Å². The van der Waals surface area contributed by atoms with Crippen LogP contribution in [0.5, 0.6) is 0 Å². The van der Waals surface area contributed by atoms with Gasteiger partial charge in [-0.15, -0.1) is 11.3 Å². The normalized spacial score (nSPS) is 14.1. The maximum absolute atomic E-state index is 4.55. The van der Waals surface area contributed by atoms with Crippen molar-refractivity contribution in [3.8, 4) is 0 Å². The molecule has 3 rings (SSSR count). The molecule has 2 aromatic heterocycles. The van der Waals surface area contributed by atoms with Gasteiger partial charge in [-0.25, -0.2) is 0 Å². The summed E-state index contributed by atoms with van der Waals surface area (Å²) in [6.07, 6.45) is 1.06. The van der Waals surface area contributed by atoms with Crippen LogP contribution in [0, 0.1) is 0 Å². The molecule has 0 atom stereocenters. The highest BCUT2D eigenvalue weighted by Crippen LogP contribution is 2.27. The first-order valence-electron chi connectivity index (χ1n) is 6.58. The molecule has 106 valence electrons. The van der Waals surface area contributed by atoms with E-state index in [1.807, 2.05) is 37.4 Å². The second-order valence-corrected chi connectivity index (χ2v) is 5.94. The van der Waals surface area contributed by atoms with Crippen molar-refractivity contribution in [2.45, 2.75) is 13.0 Å². The summed E-state index contributed by atoms with van der Waals surface area (Å²) >= 11 is 1.84. The minimum Gasteiger partial charge on any atom is -0.357 e. The van der Waals surface area contributed by atoms with Gasteiger partial charge in [-0.2, -0.15) is 15.0 Å². The molecule has 0 amide bonds. The molecule has 1 aliphatic heterocycles. The first-order chi connectivity index (χ1) is 9.67. The van der Waals surface area contributed by atoms with Gasteiger partial charge >= 0.3 is 0 Å². The summed E-state index contributed by atoms with van der Waals surface area (Å²) in [4.78, 5) is 19.0. The molecule has 2 aromatic rings. The molecule has 0 spiro atoms. The van der Waals surface area contributed by atoms with E-state index < -0.39 is 0 Å². The fourth-order valence-electron chi connectivity index (χ4n) is 2.23. The van der Waals surface area contributed by atoms with Crippen LogP contribution in [-0.4, -0.2) is 42.6 Å². The largest absolute Gasteiger partial charge is 0.357 e. The molecular weight excluding hydrogens is 272 g/mol. The summed E-state index contributed by atoms with van der Waals surface area (Å²) in [6, 6.07) is 2.19. The van der Waals surface area contributed by atoms with Gasteiger partial charge in [-0.05, 0) is 23.4 Å². The van der Waals surface area contributed by atoms with Crippen LogP contribution < -0.4 is 15.1 Å². The van der Waals surface area contributed by atoms with E-state index in [1.165, 1.54) is 10.4 Å². The van der Waals surface area contributed by atoms with Crippen LogP contribution in [0.25, 0.3) is 0 Å². The van der Waals surface area contributed by atoms with E-state index in [4.69, 9.17) is 0 Å². The van der Waals surface area contributed by atoms with Crippen molar-refractivity contribution in [1.82, 2.24) is 15.0 Å². The number of anilines is 3. The second-order valence-electron chi connectivity index (χ2n) is 4.94. The molecule has 1 aliphatic rings. The zero-order valence-electron chi connectivity index (χ0n) is 11.9. The van der Waals surface area contributed by atoms with Gasteiger partial charge in [0, 0.05) is 39.1 Å². The van der Waals surface area contributed by atoms with E-state index in [2.05, 4.69) is 36.6 Å². The van der Waals surface area contributed by atoms with Crippen LogP contribution in [0.4, 0.5) is 17.8 Å². The van der Waals surface area contributed by atoms with Crippen molar-refractivity contribution >= 4 is 29.2 Å². The van der Waals surface area contributed by atoms with E-state index in [-0.39, 0.29) is 0 Å². The van der Waals surface area contributed by atoms with E-state index >= 15 is 0 Å². The lowest BCUT2D eigenvalue weighted by molar-refractivity contribution is 0.713. The quantitative estimate of drug-likeness (QED) is 0.926. The highest BCUT2D eigenvalue weighted by Gasteiger charge is 2.20. The molecule has 0 fully saturated rings. The molecule has 0 unspecified atom stereocenters. The van der Waals surface area contributed by atoms with Crippen LogP contribution in [0.1, 0.15) is 10.4 Å². The number of fused-ring (bicyclic) bond motifs is 1. The third-order valence-electron chi connectivity index (χ3n) is 3.33. The number of thiophene rings is 1. The predicted octanol–water partition coefficient (Wildman–Crippen LogP) is 1.60. The smallest absolute Gasteiger partial charge is 0.232 e. The third-order valence-corrected chi connectivity index (χ3v) is 4.35. The van der Waals surface area contributed by atoms with Crippen LogP contribution in [0.2, 0.25) is 0 Å². The summed E-state index contributed by atoms with van der Waals surface area (Å²) in [7, 11) is 5.70. The Morgan fingerprint density at radius 1 is 1.30 bits per heavy atom. The fraction of sp³-hybridized carbons (Fsp3) is 0.462. The Morgan fingerprint density at radius 3 is 2.90 bits per heavy atom. The lowest BCUT2D eigenvalue weighted by atomic mass is 10.1. The van der Waals surface area contributed by atoms with Crippen LogP contribution in [0.15, 0.2) is 11.4 Å². The number of aromatic nitrogens is 3. The second kappa shape index (κ2) is 5.24. The van der Waals surface area contributed by atoms with Gasteiger partial charge < -0.3 is 15.1 Å². The van der Waals surface area contributed by atoms with E-state index in [0.29, 0.717) is 11.9 Å². The molecule has 0 bridgehead atoms. The standard InChI is InChI=1S/C13H18N6S/c1-14-11-15-12(18(2)3)17-13(16-11)19-6-4-10-9(8-19)5-7-20-10/h5,7H,4,6,8H2,1-3H3,(H,14,15,16,17). The summed E-state index contributed by atoms with van der Waals surface area (Å²) in [5.41, 5.74) is 1.39. The molecule has 0 saturated heterocycles. The lowest BCUT2D eigenvalue weighted by Crippen LogP contribution is -2.31. The summed E-state index contributed by atoms with van der Waals surface area (Å²) in [6.45, 7) is 1.83. The van der Waals surface area contributed by atoms with Gasteiger partial charge in [0.1, 0.15) is 0 Å². The predicted molar refractivity (Wildman–Crippen MR) is 82.8 cm³/mol. The average molecular weight is 290 g/mol. The third kappa shape index (κ3) is 2.40. The maximum atomic E-state index is 4.55. The zero-order chi connectivity index (χ0) is 14.1. The average Bonchev–Trinajstić information content (AvgIpc) is 2.94. The van der Waals surface area contributed by atoms with Crippen LogP contribution in [0.3, 0.4) is 0 Å². The Kier molecular flexibility index (Phi) is 3.43. The summed E-state index contributed by atoms with van der Waals surface area (Å²) in [5.74, 6) is 2.02. The van der Waals surface area contributed by atoms with Gasteiger partial charge in [-0.1, -0.05) is 0 Å². The van der Waals surface area contributed by atoms with Crippen molar-refractivity contribution in [2.75, 3.05) is 42.8 Å². The highest BCUT2D eigenvalue weighted by molar-refractivity contribution is 7.10. The topological polar surface area (TPSA) is 57.2 Å². The number of rotatable bonds is 3. The maximum Gasteiger partial charge on any atom is 0.232 e. The Hall–Kier alpha value is -1.89. The first-order valence-corrected chi connectivity index (χ1v) is 7.46. The number of hydrogen-bond acceptors (Lipinski definition) is 7. The molecule has 0 radical (unpaired) electrons. The summed E-state index contributed by atoms with van der Waals surface area (Å²) < 4.78 is 0. The molecular formula is C13H18N6S. The Morgan fingerprint density at radius 2 is 2.15 bits per heavy atom. The van der Waals surface area contributed by atoms with Crippen molar-refractivity contribution in [1.29, 1.82) is 0 Å². The van der Waals surface area contributed by atoms with Crippen LogP contribution >= 0.6 is 11.3 Å². The SMILES string of the molecule is CNc1nc(N(C)C)nc(N2CCc3sccc3C2)n1. The Labute approximate surface area is 122 Å². The van der Waals surface area contributed by atoms with E-state index in [0.717, 1.165) is 25.5 Å². The highest BCUT2D eigenvalue weighted by atomic mass is 32.1. The molecule has 20 heavy (non-hydrogen) atoms. The molecule has 0 aliphatic carbocycles. The minimum absolute atomic E-state index is 0.606. The van der Waals surface area contributed by atoms with E-state index in [9.17, 15) is 0 Å². The number of nitrogens with one attached hydrogen (secondary N) is 1. The Balaban J connectivity index is 1.92. The van der Waals surface area contributed by atoms with Crippen molar-refractivity contribution < 1.29 is 0 Å². The van der Waals surface area contributed by atoms with E-state index in [1.54, 1.807) is 0 Å². The van der Waals surface area contributed by atoms with Crippen molar-refractivity contribution in [3.05, 3.63) is 21.9 Å². The fourth-order valence-corrected chi connectivity index (χ4v) is 3.12. The molecule has 3 heterocycles. The lowest BCUT2D eigenvalue weighted by Gasteiger charge is -2.27. The van der Waals surface area contributed by atoms with Gasteiger partial charge in [0.25, 0.3) is 0 Å². The first kappa shape index (κ1) is 13.1. The molecule has 0 aromatic carbocycles. The van der Waals surface area contributed by atoms with Crippen LogP contribution in [-0.2, 0) is 13.0 Å². The van der Waals surface area contributed by atoms with Crippen molar-refractivity contribution in [3.63, 3.8) is 0 Å². The number of hydrogen-bond donors (Lipinski definition) is 1. The van der Waals surface area contributed by atoms with Gasteiger partial charge in [0.15, 0.2) is 0 Å². The zero-order valence-corrected chi connectivity index (χ0v) is 12.7. The molecule has 6 nitrogen and oxygen atoms in total. The van der Waals surface area contributed by atoms with Gasteiger partial charge in [0.2, 0.25) is 17.8 Å². The van der Waals surface area contributed by atoms with Crippen molar-refractivity contribution in [2.24, 2.45) is 0 Å². The molecule has 7 heteroatoms. The minimum atomic E-state index is 0.606. The monoisotopic (exact) mass is 290 g/mol. The number of nitrogens with zero attached hydrogens (tertiary/aromatic N) is 5. The Bertz CT molecular complexity index is 609. The molecule has 1 N–H and O–H groups in total. The summed E-state index contributed by atoms with van der Waals surface area (Å²) in [5, 5.41) is 5.16. The van der Waals surface area contributed by atoms with Gasteiger partial charge in [-0.3, -0.25) is 0 Å². The molecule has 0 saturated carbocycles.